The molecular weight excluding hydrogens is 362 g/mol. The summed E-state index contributed by atoms with van der Waals surface area (Å²) in [6.45, 7) is 6.54. The molecule has 1 N–H and O–H groups in total. The molecule has 0 aliphatic carbocycles. The van der Waals surface area contributed by atoms with Gasteiger partial charge in [-0.1, -0.05) is 0 Å². The molecule has 0 aliphatic rings. The Labute approximate surface area is 161 Å². The monoisotopic (exact) mass is 383 g/mol. The maximum absolute atomic E-state index is 12.5. The average Bonchev–Trinajstić information content (AvgIpc) is 3.26. The number of nitrogens with one attached hydrogen (secondary N) is 1. The first-order chi connectivity index (χ1) is 13.3. The van der Waals surface area contributed by atoms with Crippen LogP contribution in [-0.2, 0) is 4.74 Å². The standard InChI is InChI=1S/C20H21N3O5/c1-10-16(12(3)24)11(2)21-17(10)20(25)27-13(4)18-22-23-19(28-18)14-6-8-15(26-5)9-7-14/h6-9,13,21H,1-5H3/t13-/m1/s1. The second kappa shape index (κ2) is 7.67. The largest absolute Gasteiger partial charge is 0.497 e. The van der Waals surface area contributed by atoms with Crippen LogP contribution in [0.2, 0.25) is 0 Å². The molecular formula is C20H21N3O5. The van der Waals surface area contributed by atoms with Crippen molar-refractivity contribution in [2.24, 2.45) is 0 Å². The van der Waals surface area contributed by atoms with Gasteiger partial charge in [-0.15, -0.1) is 10.2 Å². The quantitative estimate of drug-likeness (QED) is 0.509. The van der Waals surface area contributed by atoms with E-state index >= 15 is 0 Å². The van der Waals surface area contributed by atoms with Gasteiger partial charge in [0.2, 0.25) is 5.89 Å². The first-order valence-corrected chi connectivity index (χ1v) is 8.70. The molecule has 0 unspecified atom stereocenters. The number of aromatic amines is 1. The Bertz CT molecular complexity index is 1020. The van der Waals surface area contributed by atoms with Crippen LogP contribution in [0.5, 0.6) is 5.75 Å². The van der Waals surface area contributed by atoms with Gasteiger partial charge < -0.3 is 18.9 Å². The first-order valence-electron chi connectivity index (χ1n) is 8.70. The van der Waals surface area contributed by atoms with Crippen LogP contribution in [0.3, 0.4) is 0 Å². The van der Waals surface area contributed by atoms with Crippen molar-refractivity contribution in [3.05, 3.63) is 52.7 Å². The average molecular weight is 383 g/mol. The second-order valence-electron chi connectivity index (χ2n) is 6.40. The van der Waals surface area contributed by atoms with E-state index in [4.69, 9.17) is 13.9 Å². The minimum atomic E-state index is -0.754. The van der Waals surface area contributed by atoms with Crippen molar-refractivity contribution in [3.63, 3.8) is 0 Å². The predicted octanol–water partition coefficient (Wildman–Crippen LogP) is 3.81. The Morgan fingerprint density at radius 2 is 1.82 bits per heavy atom. The number of rotatable bonds is 6. The predicted molar refractivity (Wildman–Crippen MR) is 100 cm³/mol. The molecule has 0 radical (unpaired) electrons. The van der Waals surface area contributed by atoms with Crippen LogP contribution in [0, 0.1) is 13.8 Å². The Kier molecular flexibility index (Phi) is 5.30. The maximum atomic E-state index is 12.5. The van der Waals surface area contributed by atoms with E-state index in [1.165, 1.54) is 6.92 Å². The van der Waals surface area contributed by atoms with E-state index in [0.717, 1.165) is 5.56 Å². The summed E-state index contributed by atoms with van der Waals surface area (Å²) in [5, 5.41) is 7.97. The number of nitrogens with zero attached hydrogens (tertiary/aromatic N) is 2. The molecule has 2 aromatic heterocycles. The number of hydrogen-bond donors (Lipinski definition) is 1. The summed E-state index contributed by atoms with van der Waals surface area (Å²) in [5.74, 6) is 0.495. The van der Waals surface area contributed by atoms with Crippen molar-refractivity contribution in [1.29, 1.82) is 0 Å². The summed E-state index contributed by atoms with van der Waals surface area (Å²) in [6, 6.07) is 7.15. The number of ketones is 1. The zero-order valence-electron chi connectivity index (χ0n) is 16.3. The Morgan fingerprint density at radius 3 is 2.39 bits per heavy atom. The van der Waals surface area contributed by atoms with Gasteiger partial charge in [0.05, 0.1) is 7.11 Å². The summed E-state index contributed by atoms with van der Waals surface area (Å²) < 4.78 is 16.2. The second-order valence-corrected chi connectivity index (χ2v) is 6.40. The zero-order chi connectivity index (χ0) is 20.4. The Morgan fingerprint density at radius 1 is 1.14 bits per heavy atom. The zero-order valence-corrected chi connectivity index (χ0v) is 16.3. The van der Waals surface area contributed by atoms with Gasteiger partial charge in [0.25, 0.3) is 5.89 Å². The van der Waals surface area contributed by atoms with Crippen molar-refractivity contribution in [2.75, 3.05) is 7.11 Å². The lowest BCUT2D eigenvalue weighted by molar-refractivity contribution is 0.0272. The van der Waals surface area contributed by atoms with Crippen molar-refractivity contribution in [1.82, 2.24) is 15.2 Å². The SMILES string of the molecule is COc1ccc(-c2nnc([C@@H](C)OC(=O)c3[nH]c(C)c(C(C)=O)c3C)o2)cc1. The molecule has 0 aliphatic heterocycles. The summed E-state index contributed by atoms with van der Waals surface area (Å²) >= 11 is 0. The lowest BCUT2D eigenvalue weighted by Crippen LogP contribution is -2.11. The van der Waals surface area contributed by atoms with E-state index in [1.807, 2.05) is 0 Å². The molecule has 0 amide bonds. The van der Waals surface area contributed by atoms with Crippen LogP contribution in [0.1, 0.15) is 57.9 Å². The number of esters is 1. The third kappa shape index (κ3) is 3.66. The highest BCUT2D eigenvalue weighted by Gasteiger charge is 2.25. The van der Waals surface area contributed by atoms with Gasteiger partial charge in [0.15, 0.2) is 11.9 Å². The van der Waals surface area contributed by atoms with Gasteiger partial charge >= 0.3 is 5.97 Å². The smallest absolute Gasteiger partial charge is 0.355 e. The van der Waals surface area contributed by atoms with Crippen molar-refractivity contribution < 1.29 is 23.5 Å². The van der Waals surface area contributed by atoms with Crippen LogP contribution in [-0.4, -0.2) is 34.0 Å². The normalized spacial score (nSPS) is 11.9. The summed E-state index contributed by atoms with van der Waals surface area (Å²) in [6.07, 6.45) is -0.754. The summed E-state index contributed by atoms with van der Waals surface area (Å²) in [5.41, 5.74) is 2.65. The molecule has 3 rings (SSSR count). The number of methoxy groups -OCH3 is 1. The third-order valence-corrected chi connectivity index (χ3v) is 4.40. The lowest BCUT2D eigenvalue weighted by atomic mass is 10.1. The molecule has 0 saturated heterocycles. The molecule has 0 saturated carbocycles. The molecule has 2 heterocycles. The fourth-order valence-corrected chi connectivity index (χ4v) is 3.00. The number of aromatic nitrogens is 3. The highest BCUT2D eigenvalue weighted by Crippen LogP contribution is 2.26. The molecule has 1 atom stereocenters. The molecule has 0 bridgehead atoms. The Hall–Kier alpha value is -3.42. The molecule has 8 heteroatoms. The van der Waals surface area contributed by atoms with Gasteiger partial charge in [0, 0.05) is 16.8 Å². The fourth-order valence-electron chi connectivity index (χ4n) is 3.00. The van der Waals surface area contributed by atoms with Gasteiger partial charge in [0.1, 0.15) is 11.4 Å². The van der Waals surface area contributed by atoms with Gasteiger partial charge in [-0.25, -0.2) is 4.79 Å². The third-order valence-electron chi connectivity index (χ3n) is 4.40. The van der Waals surface area contributed by atoms with Crippen molar-refractivity contribution in [3.8, 4) is 17.2 Å². The van der Waals surface area contributed by atoms with E-state index in [-0.39, 0.29) is 17.4 Å². The number of hydrogen-bond acceptors (Lipinski definition) is 7. The van der Waals surface area contributed by atoms with E-state index in [0.29, 0.717) is 28.5 Å². The fraction of sp³-hybridized carbons (Fsp3) is 0.300. The van der Waals surface area contributed by atoms with Gasteiger partial charge in [-0.3, -0.25) is 4.79 Å². The van der Waals surface area contributed by atoms with Crippen molar-refractivity contribution in [2.45, 2.75) is 33.8 Å². The number of carbonyl (C=O) groups excluding carboxylic acids is 2. The topological polar surface area (TPSA) is 107 Å². The molecule has 0 spiro atoms. The highest BCUT2D eigenvalue weighted by atomic mass is 16.6. The minimum Gasteiger partial charge on any atom is -0.497 e. The number of Topliss-reactive ketones (excluding diaryl/α,β-unsaturated/α-hetero) is 1. The van der Waals surface area contributed by atoms with Crippen LogP contribution >= 0.6 is 0 Å². The van der Waals surface area contributed by atoms with Gasteiger partial charge in [-0.2, -0.15) is 0 Å². The number of carbonyl (C=O) groups is 2. The lowest BCUT2D eigenvalue weighted by Gasteiger charge is -2.09. The number of H-pyrrole nitrogens is 1. The van der Waals surface area contributed by atoms with Crippen LogP contribution < -0.4 is 4.74 Å². The highest BCUT2D eigenvalue weighted by molar-refractivity contribution is 6.01. The van der Waals surface area contributed by atoms with Crippen molar-refractivity contribution >= 4 is 11.8 Å². The molecule has 146 valence electrons. The Balaban J connectivity index is 1.75. The molecule has 8 nitrogen and oxygen atoms in total. The van der Waals surface area contributed by atoms with Gasteiger partial charge in [-0.05, 0) is 57.5 Å². The van der Waals surface area contributed by atoms with Crippen LogP contribution in [0.25, 0.3) is 11.5 Å². The summed E-state index contributed by atoms with van der Waals surface area (Å²) in [7, 11) is 1.59. The molecule has 1 aromatic carbocycles. The molecule has 3 aromatic rings. The van der Waals surface area contributed by atoms with E-state index < -0.39 is 12.1 Å². The van der Waals surface area contributed by atoms with Crippen LogP contribution in [0.4, 0.5) is 0 Å². The number of aryl methyl sites for hydroxylation is 1. The maximum Gasteiger partial charge on any atom is 0.355 e. The molecule has 0 fully saturated rings. The number of benzene rings is 1. The minimum absolute atomic E-state index is 0.112. The summed E-state index contributed by atoms with van der Waals surface area (Å²) in [4.78, 5) is 27.2. The first kappa shape index (κ1) is 19.3. The van der Waals surface area contributed by atoms with E-state index in [1.54, 1.807) is 52.1 Å². The van der Waals surface area contributed by atoms with E-state index in [9.17, 15) is 9.59 Å². The molecule has 28 heavy (non-hydrogen) atoms. The van der Waals surface area contributed by atoms with E-state index in [2.05, 4.69) is 15.2 Å². The number of ether oxygens (including phenoxy) is 2. The van der Waals surface area contributed by atoms with Crippen LogP contribution in [0.15, 0.2) is 28.7 Å².